The van der Waals surface area contributed by atoms with Gasteiger partial charge in [0, 0.05) is 20.5 Å². The molecule has 9 nitrogen and oxygen atoms in total. The van der Waals surface area contributed by atoms with Gasteiger partial charge in [0.05, 0.1) is 30.6 Å². The van der Waals surface area contributed by atoms with E-state index in [1.807, 2.05) is 32.0 Å². The van der Waals surface area contributed by atoms with Gasteiger partial charge >= 0.3 is 0 Å². The predicted molar refractivity (Wildman–Crippen MR) is 120 cm³/mol. The van der Waals surface area contributed by atoms with Crippen molar-refractivity contribution in [1.29, 1.82) is 0 Å². The Morgan fingerprint density at radius 2 is 1.84 bits per heavy atom. The molecule has 0 saturated carbocycles. The molecule has 0 radical (unpaired) electrons. The van der Waals surface area contributed by atoms with E-state index in [2.05, 4.69) is 10.4 Å². The number of hydrogen-bond donors (Lipinski definition) is 1. The molecule has 0 saturated heterocycles. The number of hydrogen-bond acceptors (Lipinski definition) is 6. The maximum Gasteiger partial charge on any atom is 0.246 e. The summed E-state index contributed by atoms with van der Waals surface area (Å²) in [4.78, 5) is 13.1. The number of aryl methyl sites for hydroxylation is 1. The third-order valence-electron chi connectivity index (χ3n) is 5.46. The van der Waals surface area contributed by atoms with Gasteiger partial charge in [0.1, 0.15) is 11.4 Å². The van der Waals surface area contributed by atoms with Crippen LogP contribution in [0.5, 0.6) is 11.5 Å². The number of carbonyl (C=O) groups excluding carboxylic acids is 1. The van der Waals surface area contributed by atoms with Crippen molar-refractivity contribution < 1.29 is 22.7 Å². The molecule has 1 N–H and O–H groups in total. The molecule has 0 aliphatic carbocycles. The van der Waals surface area contributed by atoms with E-state index in [0.29, 0.717) is 36.1 Å². The van der Waals surface area contributed by atoms with E-state index in [1.165, 1.54) is 18.8 Å². The number of fused-ring (bicyclic) bond motifs is 1. The van der Waals surface area contributed by atoms with Crippen molar-refractivity contribution >= 4 is 15.9 Å². The van der Waals surface area contributed by atoms with E-state index in [-0.39, 0.29) is 29.3 Å². The second-order valence-electron chi connectivity index (χ2n) is 8.49. The Labute approximate surface area is 189 Å². The summed E-state index contributed by atoms with van der Waals surface area (Å²) in [6.07, 6.45) is 0.822. The van der Waals surface area contributed by atoms with Gasteiger partial charge in [0.2, 0.25) is 15.9 Å². The lowest BCUT2D eigenvalue weighted by Crippen LogP contribution is -2.34. The van der Waals surface area contributed by atoms with Crippen molar-refractivity contribution in [3.05, 3.63) is 35.2 Å². The van der Waals surface area contributed by atoms with E-state index in [1.54, 1.807) is 13.8 Å². The van der Waals surface area contributed by atoms with Gasteiger partial charge in [-0.05, 0) is 37.5 Å². The van der Waals surface area contributed by atoms with Gasteiger partial charge in [-0.15, -0.1) is 0 Å². The minimum atomic E-state index is -3.65. The number of carbonyl (C=O) groups is 1. The highest BCUT2D eigenvalue weighted by Gasteiger charge is 2.28. The Bertz CT molecular complexity index is 1090. The fourth-order valence-electron chi connectivity index (χ4n) is 3.75. The van der Waals surface area contributed by atoms with Crippen molar-refractivity contribution in [2.45, 2.75) is 51.6 Å². The second-order valence-corrected chi connectivity index (χ2v) is 10.6. The molecule has 1 atom stereocenters. The molecule has 0 fully saturated rings. The van der Waals surface area contributed by atoms with Gasteiger partial charge in [-0.2, -0.15) is 5.10 Å². The van der Waals surface area contributed by atoms with Crippen LogP contribution in [-0.4, -0.2) is 55.7 Å². The standard InChI is InChI=1S/C22H32N4O5S/c1-14(2)21(17-8-9-18-19(12-17)31-11-7-10-30-18)23-20(27)13-26-16(4)22(15(3)24-26)32(28,29)25(5)6/h8-9,12,14,21H,7,10-11,13H2,1-6H3,(H,23,27). The lowest BCUT2D eigenvalue weighted by Gasteiger charge is -2.24. The summed E-state index contributed by atoms with van der Waals surface area (Å²) in [7, 11) is -0.706. The molecule has 10 heteroatoms. The number of amides is 1. The summed E-state index contributed by atoms with van der Waals surface area (Å²) in [6.45, 7) is 8.47. The number of sulfonamides is 1. The third-order valence-corrected chi connectivity index (χ3v) is 7.53. The highest BCUT2D eigenvalue weighted by molar-refractivity contribution is 7.89. The molecule has 1 unspecified atom stereocenters. The van der Waals surface area contributed by atoms with Crippen LogP contribution in [0.15, 0.2) is 23.1 Å². The van der Waals surface area contributed by atoms with Crippen LogP contribution in [0.2, 0.25) is 0 Å². The summed E-state index contributed by atoms with van der Waals surface area (Å²) in [5, 5.41) is 7.37. The van der Waals surface area contributed by atoms with Crippen molar-refractivity contribution in [2.75, 3.05) is 27.3 Å². The fraction of sp³-hybridized carbons (Fsp3) is 0.545. The van der Waals surface area contributed by atoms with Crippen LogP contribution in [0.4, 0.5) is 0 Å². The summed E-state index contributed by atoms with van der Waals surface area (Å²) < 4.78 is 39.3. The van der Waals surface area contributed by atoms with Crippen LogP contribution in [0.3, 0.4) is 0 Å². The summed E-state index contributed by atoms with van der Waals surface area (Å²) in [5.74, 6) is 1.25. The predicted octanol–water partition coefficient (Wildman–Crippen LogP) is 2.43. The molecule has 1 aliphatic heterocycles. The average molecular weight is 465 g/mol. The van der Waals surface area contributed by atoms with Crippen molar-refractivity contribution in [2.24, 2.45) is 5.92 Å². The molecule has 2 heterocycles. The monoisotopic (exact) mass is 464 g/mol. The lowest BCUT2D eigenvalue weighted by atomic mass is 9.95. The van der Waals surface area contributed by atoms with Crippen LogP contribution in [-0.2, 0) is 21.4 Å². The topological polar surface area (TPSA) is 103 Å². The number of ether oxygens (including phenoxy) is 2. The molecule has 0 bridgehead atoms. The molecule has 32 heavy (non-hydrogen) atoms. The van der Waals surface area contributed by atoms with Gasteiger partial charge in [0.15, 0.2) is 11.5 Å². The lowest BCUT2D eigenvalue weighted by molar-refractivity contribution is -0.123. The maximum atomic E-state index is 12.9. The largest absolute Gasteiger partial charge is 0.490 e. The fourth-order valence-corrected chi connectivity index (χ4v) is 5.01. The molecule has 1 amide bonds. The number of nitrogens with zero attached hydrogens (tertiary/aromatic N) is 3. The Kier molecular flexibility index (Phi) is 7.14. The Balaban J connectivity index is 1.81. The molecule has 1 aromatic carbocycles. The molecule has 3 rings (SSSR count). The van der Waals surface area contributed by atoms with Gasteiger partial charge < -0.3 is 14.8 Å². The molecule has 1 aromatic heterocycles. The highest BCUT2D eigenvalue weighted by atomic mass is 32.2. The number of rotatable bonds is 7. The van der Waals surface area contributed by atoms with Gasteiger partial charge in [-0.25, -0.2) is 12.7 Å². The SMILES string of the molecule is Cc1nn(CC(=O)NC(c2ccc3c(c2)OCCCO3)C(C)C)c(C)c1S(=O)(=O)N(C)C. The first kappa shape index (κ1) is 24.1. The number of benzene rings is 1. The van der Waals surface area contributed by atoms with Crippen LogP contribution in [0, 0.1) is 19.8 Å². The Hall–Kier alpha value is -2.59. The van der Waals surface area contributed by atoms with E-state index in [4.69, 9.17) is 9.47 Å². The quantitative estimate of drug-likeness (QED) is 0.675. The van der Waals surface area contributed by atoms with E-state index < -0.39 is 10.0 Å². The van der Waals surface area contributed by atoms with Gasteiger partial charge in [0.25, 0.3) is 0 Å². The van der Waals surface area contributed by atoms with Crippen molar-refractivity contribution in [3.63, 3.8) is 0 Å². The Morgan fingerprint density at radius 1 is 1.19 bits per heavy atom. The highest BCUT2D eigenvalue weighted by Crippen LogP contribution is 2.34. The molecule has 0 spiro atoms. The normalized spacial score (nSPS) is 15.0. The minimum absolute atomic E-state index is 0.0800. The molecular weight excluding hydrogens is 432 g/mol. The molecule has 2 aromatic rings. The zero-order valence-electron chi connectivity index (χ0n) is 19.5. The molecule has 1 aliphatic rings. The van der Waals surface area contributed by atoms with Gasteiger partial charge in [-0.1, -0.05) is 19.9 Å². The maximum absolute atomic E-state index is 12.9. The minimum Gasteiger partial charge on any atom is -0.490 e. The summed E-state index contributed by atoms with van der Waals surface area (Å²) in [6, 6.07) is 5.47. The summed E-state index contributed by atoms with van der Waals surface area (Å²) >= 11 is 0. The second kappa shape index (κ2) is 9.50. The van der Waals surface area contributed by atoms with Crippen molar-refractivity contribution in [1.82, 2.24) is 19.4 Å². The van der Waals surface area contributed by atoms with Crippen LogP contribution >= 0.6 is 0 Å². The average Bonchev–Trinajstić information content (AvgIpc) is 2.87. The van der Waals surface area contributed by atoms with Gasteiger partial charge in [-0.3, -0.25) is 9.48 Å². The first-order valence-electron chi connectivity index (χ1n) is 10.7. The number of aromatic nitrogens is 2. The van der Waals surface area contributed by atoms with Crippen LogP contribution in [0.25, 0.3) is 0 Å². The first-order chi connectivity index (χ1) is 15.0. The van der Waals surface area contributed by atoms with E-state index >= 15 is 0 Å². The smallest absolute Gasteiger partial charge is 0.246 e. The molecule has 176 valence electrons. The molecular formula is C22H32N4O5S. The van der Waals surface area contributed by atoms with Crippen LogP contribution < -0.4 is 14.8 Å². The van der Waals surface area contributed by atoms with Crippen molar-refractivity contribution in [3.8, 4) is 11.5 Å². The third kappa shape index (κ3) is 4.91. The van der Waals surface area contributed by atoms with E-state index in [0.717, 1.165) is 16.3 Å². The summed E-state index contributed by atoms with van der Waals surface area (Å²) in [5.41, 5.74) is 1.72. The zero-order valence-corrected chi connectivity index (χ0v) is 20.3. The van der Waals surface area contributed by atoms with E-state index in [9.17, 15) is 13.2 Å². The zero-order chi connectivity index (χ0) is 23.6. The Morgan fingerprint density at radius 3 is 2.47 bits per heavy atom. The number of nitrogens with one attached hydrogen (secondary N) is 1. The first-order valence-corrected chi connectivity index (χ1v) is 12.1. The van der Waals surface area contributed by atoms with Crippen LogP contribution in [0.1, 0.15) is 43.3 Å².